The number of halogens is 1. The van der Waals surface area contributed by atoms with Crippen molar-refractivity contribution in [2.75, 3.05) is 32.7 Å². The van der Waals surface area contributed by atoms with Crippen molar-refractivity contribution in [3.05, 3.63) is 47.5 Å². The number of amidine groups is 1. The summed E-state index contributed by atoms with van der Waals surface area (Å²) >= 11 is 0. The first-order valence-corrected chi connectivity index (χ1v) is 9.75. The van der Waals surface area contributed by atoms with E-state index >= 15 is 0 Å². The molecule has 0 bridgehead atoms. The van der Waals surface area contributed by atoms with Crippen molar-refractivity contribution < 1.29 is 9.18 Å². The Morgan fingerprint density at radius 3 is 2.86 bits per heavy atom. The minimum Gasteiger partial charge on any atom is -0.353 e. The Kier molecular flexibility index (Phi) is 5.27. The van der Waals surface area contributed by atoms with Gasteiger partial charge in [0.15, 0.2) is 0 Å². The molecular formula is C20H25FN6O. The van der Waals surface area contributed by atoms with Gasteiger partial charge in [0.25, 0.3) is 0 Å². The number of aliphatic imine (C=N–C) groups is 2. The molecule has 1 atom stereocenters. The number of rotatable bonds is 4. The number of piperazine rings is 1. The first kappa shape index (κ1) is 18.5. The van der Waals surface area contributed by atoms with Crippen LogP contribution in [0, 0.1) is 5.82 Å². The summed E-state index contributed by atoms with van der Waals surface area (Å²) in [5.41, 5.74) is 0.751. The van der Waals surface area contributed by atoms with Gasteiger partial charge in [-0.2, -0.15) is 0 Å². The summed E-state index contributed by atoms with van der Waals surface area (Å²) in [4.78, 5) is 27.7. The lowest BCUT2D eigenvalue weighted by atomic mass is 10.2. The van der Waals surface area contributed by atoms with Crippen molar-refractivity contribution in [3.8, 4) is 0 Å². The Bertz CT molecular complexity index is 828. The van der Waals surface area contributed by atoms with Gasteiger partial charge in [-0.1, -0.05) is 19.1 Å². The van der Waals surface area contributed by atoms with E-state index in [9.17, 15) is 9.18 Å². The Morgan fingerprint density at radius 2 is 2.11 bits per heavy atom. The van der Waals surface area contributed by atoms with Gasteiger partial charge < -0.3 is 20.0 Å². The van der Waals surface area contributed by atoms with Crippen LogP contribution in [0.5, 0.6) is 0 Å². The molecule has 1 unspecified atom stereocenters. The van der Waals surface area contributed by atoms with Crippen LogP contribution in [0.25, 0.3) is 0 Å². The molecule has 3 heterocycles. The number of nitrogens with zero attached hydrogens (tertiary/aromatic N) is 5. The molecule has 3 aliphatic rings. The molecule has 1 N–H and O–H groups in total. The fraction of sp³-hybridized carbons (Fsp3) is 0.450. The minimum atomic E-state index is -0.294. The fourth-order valence-corrected chi connectivity index (χ4v) is 3.60. The van der Waals surface area contributed by atoms with Crippen LogP contribution in [0.4, 0.5) is 9.18 Å². The molecule has 0 aliphatic carbocycles. The fourth-order valence-electron chi connectivity index (χ4n) is 3.60. The van der Waals surface area contributed by atoms with Crippen molar-refractivity contribution >= 4 is 18.2 Å². The predicted molar refractivity (Wildman–Crippen MR) is 107 cm³/mol. The molecule has 2 amide bonds. The normalized spacial score (nSPS) is 21.4. The number of hydrogen-bond donors (Lipinski definition) is 1. The Morgan fingerprint density at radius 1 is 1.29 bits per heavy atom. The number of nitrogens with one attached hydrogen (secondary N) is 1. The molecule has 0 radical (unpaired) electrons. The van der Waals surface area contributed by atoms with E-state index in [-0.39, 0.29) is 11.8 Å². The van der Waals surface area contributed by atoms with Crippen LogP contribution < -0.4 is 5.32 Å². The average Bonchev–Trinajstić information content (AvgIpc) is 3.15. The summed E-state index contributed by atoms with van der Waals surface area (Å²) in [6.45, 7) is 6.06. The first-order chi connectivity index (χ1) is 13.6. The average molecular weight is 384 g/mol. The van der Waals surface area contributed by atoms with Crippen molar-refractivity contribution in [1.29, 1.82) is 0 Å². The molecule has 1 saturated heterocycles. The molecule has 0 aromatic heterocycles. The van der Waals surface area contributed by atoms with Crippen LogP contribution in [0.15, 0.2) is 46.1 Å². The number of fused-ring (bicyclic) bond motifs is 1. The molecule has 4 rings (SSSR count). The van der Waals surface area contributed by atoms with Gasteiger partial charge in [-0.25, -0.2) is 14.2 Å². The second kappa shape index (κ2) is 8.00. The summed E-state index contributed by atoms with van der Waals surface area (Å²) < 4.78 is 13.2. The van der Waals surface area contributed by atoms with E-state index in [4.69, 9.17) is 4.99 Å². The van der Waals surface area contributed by atoms with Crippen LogP contribution in [-0.2, 0) is 6.54 Å². The topological polar surface area (TPSA) is 63.5 Å². The lowest BCUT2D eigenvalue weighted by Crippen LogP contribution is -2.51. The largest absolute Gasteiger partial charge is 0.353 e. The number of urea groups is 1. The quantitative estimate of drug-likeness (QED) is 0.864. The second-order valence-corrected chi connectivity index (χ2v) is 7.21. The molecule has 8 heteroatoms. The zero-order valence-electron chi connectivity index (χ0n) is 16.0. The Hall–Kier alpha value is -2.90. The number of amides is 2. The third-order valence-electron chi connectivity index (χ3n) is 5.30. The van der Waals surface area contributed by atoms with Gasteiger partial charge in [0.1, 0.15) is 17.5 Å². The number of carbonyl (C=O) groups excluding carboxylic acids is 1. The van der Waals surface area contributed by atoms with Gasteiger partial charge in [-0.15, -0.1) is 0 Å². The van der Waals surface area contributed by atoms with Crippen LogP contribution in [-0.4, -0.2) is 71.7 Å². The minimum absolute atomic E-state index is 0.123. The second-order valence-electron chi connectivity index (χ2n) is 7.21. The van der Waals surface area contributed by atoms with Gasteiger partial charge in [0.2, 0.25) is 0 Å². The highest BCUT2D eigenvalue weighted by molar-refractivity contribution is 6.03. The number of carbonyl (C=O) groups is 1. The Labute approximate surface area is 164 Å². The lowest BCUT2D eigenvalue weighted by molar-refractivity contribution is 0.156. The van der Waals surface area contributed by atoms with Gasteiger partial charge >= 0.3 is 6.03 Å². The monoisotopic (exact) mass is 384 g/mol. The van der Waals surface area contributed by atoms with Crippen molar-refractivity contribution in [1.82, 2.24) is 20.0 Å². The molecule has 0 spiro atoms. The maximum atomic E-state index is 13.2. The molecule has 3 aliphatic heterocycles. The molecular weight excluding hydrogens is 359 g/mol. The smallest absolute Gasteiger partial charge is 0.317 e. The predicted octanol–water partition coefficient (Wildman–Crippen LogP) is 2.03. The summed E-state index contributed by atoms with van der Waals surface area (Å²) in [6, 6.07) is 6.49. The van der Waals surface area contributed by atoms with Crippen molar-refractivity contribution in [2.45, 2.75) is 25.9 Å². The highest BCUT2D eigenvalue weighted by atomic mass is 19.1. The highest BCUT2D eigenvalue weighted by Crippen LogP contribution is 2.19. The van der Waals surface area contributed by atoms with Gasteiger partial charge in [0.05, 0.1) is 12.4 Å². The van der Waals surface area contributed by atoms with Crippen LogP contribution in [0.2, 0.25) is 0 Å². The van der Waals surface area contributed by atoms with E-state index in [1.807, 2.05) is 12.4 Å². The van der Waals surface area contributed by atoms with Gasteiger partial charge in [-0.05, 0) is 24.1 Å². The molecule has 148 valence electrons. The summed E-state index contributed by atoms with van der Waals surface area (Å²) in [5, 5.41) is 2.86. The van der Waals surface area contributed by atoms with Crippen LogP contribution in [0.1, 0.15) is 18.9 Å². The van der Waals surface area contributed by atoms with Crippen molar-refractivity contribution in [2.24, 2.45) is 9.98 Å². The number of benzene rings is 1. The third-order valence-corrected chi connectivity index (χ3v) is 5.30. The van der Waals surface area contributed by atoms with Gasteiger partial charge in [0, 0.05) is 45.3 Å². The first-order valence-electron chi connectivity index (χ1n) is 9.75. The van der Waals surface area contributed by atoms with E-state index in [2.05, 4.69) is 27.0 Å². The van der Waals surface area contributed by atoms with Crippen LogP contribution in [0.3, 0.4) is 0 Å². The molecule has 1 fully saturated rings. The zero-order chi connectivity index (χ0) is 19.5. The van der Waals surface area contributed by atoms with E-state index in [1.54, 1.807) is 17.0 Å². The Balaban J connectivity index is 1.29. The molecule has 1 aromatic rings. The summed E-state index contributed by atoms with van der Waals surface area (Å²) in [5.74, 6) is 1.59. The maximum absolute atomic E-state index is 13.2. The zero-order valence-corrected chi connectivity index (χ0v) is 16.0. The van der Waals surface area contributed by atoms with E-state index < -0.39 is 0 Å². The SMILES string of the molecule is CCC1CN2C=NC(N3CCN(C(=O)NCc4cccc(F)c4)CC3)=CC2=N1. The lowest BCUT2D eigenvalue weighted by Gasteiger charge is -2.36. The summed E-state index contributed by atoms with van der Waals surface area (Å²) in [7, 11) is 0. The van der Waals surface area contributed by atoms with Crippen LogP contribution >= 0.6 is 0 Å². The third kappa shape index (κ3) is 4.00. The number of hydrogen-bond acceptors (Lipinski definition) is 5. The maximum Gasteiger partial charge on any atom is 0.317 e. The van der Waals surface area contributed by atoms with Crippen molar-refractivity contribution in [3.63, 3.8) is 0 Å². The highest BCUT2D eigenvalue weighted by Gasteiger charge is 2.27. The van der Waals surface area contributed by atoms with E-state index in [0.29, 0.717) is 25.7 Å². The molecule has 0 saturated carbocycles. The van der Waals surface area contributed by atoms with Gasteiger partial charge in [-0.3, -0.25) is 4.99 Å². The van der Waals surface area contributed by atoms with E-state index in [1.165, 1.54) is 12.1 Å². The molecule has 7 nitrogen and oxygen atoms in total. The molecule has 28 heavy (non-hydrogen) atoms. The van der Waals surface area contributed by atoms with E-state index in [0.717, 1.165) is 43.3 Å². The molecule has 1 aromatic carbocycles. The summed E-state index contributed by atoms with van der Waals surface area (Å²) in [6.07, 6.45) is 4.93. The standard InChI is InChI=1S/C20H25FN6O/c1-2-17-13-27-14-23-18(11-19(27)24-17)25-6-8-26(9-7-25)20(28)22-12-15-4-3-5-16(21)10-15/h3-5,10-11,14,17H,2,6-9,12-13H2,1H3,(H,22,28).